The van der Waals surface area contributed by atoms with Crippen LogP contribution in [0.3, 0.4) is 0 Å². The number of carbonyl (C=O) groups is 1. The van der Waals surface area contributed by atoms with Crippen LogP contribution in [0.4, 0.5) is 13.2 Å². The van der Waals surface area contributed by atoms with Crippen molar-refractivity contribution in [1.82, 2.24) is 19.7 Å². The lowest BCUT2D eigenvalue weighted by molar-refractivity contribution is -0.137. The fourth-order valence-electron chi connectivity index (χ4n) is 3.77. The molecule has 3 aromatic rings. The van der Waals surface area contributed by atoms with E-state index in [9.17, 15) is 27.6 Å². The summed E-state index contributed by atoms with van der Waals surface area (Å²) >= 11 is 0. The molecule has 0 aliphatic carbocycles. The third kappa shape index (κ3) is 5.51. The maximum atomic E-state index is 13.2. The highest BCUT2D eigenvalue weighted by Crippen LogP contribution is 2.29. The zero-order valence-electron chi connectivity index (χ0n) is 18.8. The topological polar surface area (TPSA) is 95.2 Å². The number of rotatable bonds is 6. The van der Waals surface area contributed by atoms with Crippen molar-refractivity contribution in [3.63, 3.8) is 0 Å². The van der Waals surface area contributed by atoms with Crippen molar-refractivity contribution in [2.45, 2.75) is 38.6 Å². The summed E-state index contributed by atoms with van der Waals surface area (Å²) in [6.45, 7) is 2.12. The first kappa shape index (κ1) is 24.4. The van der Waals surface area contributed by atoms with Gasteiger partial charge in [0, 0.05) is 13.2 Å². The van der Waals surface area contributed by atoms with Crippen LogP contribution in [0.15, 0.2) is 58.1 Å². The van der Waals surface area contributed by atoms with E-state index in [0.717, 1.165) is 35.2 Å². The molecular formula is C24H23F3N4O4. The smallest absolute Gasteiger partial charge is 0.376 e. The van der Waals surface area contributed by atoms with E-state index in [2.05, 4.69) is 10.4 Å². The second-order valence-electron chi connectivity index (χ2n) is 8.31. The standard InChI is InChI=1S/C24H23F3N4O4/c1-15-7-9-18(10-8-15)31-23(34)30(14-16-4-2-5-17(12-16)24(25,26)27)22(33)20(29-31)21(32)28-13-19-6-3-11-35-19/h2,4-5,7-10,12,19H,3,6,11,13-14H2,1H3,(H,28,32). The third-order valence-electron chi connectivity index (χ3n) is 5.66. The number of alkyl halides is 3. The molecule has 1 atom stereocenters. The molecule has 35 heavy (non-hydrogen) atoms. The first-order valence-corrected chi connectivity index (χ1v) is 11.0. The average Bonchev–Trinajstić information content (AvgIpc) is 3.34. The molecule has 1 saturated heterocycles. The van der Waals surface area contributed by atoms with Crippen molar-refractivity contribution in [2.75, 3.05) is 13.2 Å². The van der Waals surface area contributed by atoms with Crippen molar-refractivity contribution >= 4 is 5.91 Å². The van der Waals surface area contributed by atoms with Crippen LogP contribution in [-0.4, -0.2) is 39.5 Å². The first-order valence-electron chi connectivity index (χ1n) is 11.0. The highest BCUT2D eigenvalue weighted by molar-refractivity contribution is 5.91. The normalized spacial score (nSPS) is 15.8. The summed E-state index contributed by atoms with van der Waals surface area (Å²) in [6, 6.07) is 11.0. The number of halogens is 3. The summed E-state index contributed by atoms with van der Waals surface area (Å²) in [7, 11) is 0. The minimum absolute atomic E-state index is 0.0754. The van der Waals surface area contributed by atoms with Gasteiger partial charge in [-0.2, -0.15) is 23.0 Å². The van der Waals surface area contributed by atoms with Gasteiger partial charge in [0.25, 0.3) is 11.5 Å². The molecule has 1 fully saturated rings. The second kappa shape index (κ2) is 9.87. The Morgan fingerprint density at radius 3 is 2.57 bits per heavy atom. The Morgan fingerprint density at radius 1 is 1.17 bits per heavy atom. The van der Waals surface area contributed by atoms with Gasteiger partial charge in [0.05, 0.1) is 23.9 Å². The quantitative estimate of drug-likeness (QED) is 0.576. The summed E-state index contributed by atoms with van der Waals surface area (Å²) < 4.78 is 46.6. The minimum atomic E-state index is -4.59. The molecule has 0 saturated carbocycles. The molecule has 2 heterocycles. The molecule has 0 spiro atoms. The summed E-state index contributed by atoms with van der Waals surface area (Å²) in [5, 5.41) is 6.62. The minimum Gasteiger partial charge on any atom is -0.376 e. The molecule has 4 rings (SSSR count). The molecule has 2 aromatic carbocycles. The highest BCUT2D eigenvalue weighted by atomic mass is 19.4. The van der Waals surface area contributed by atoms with Crippen LogP contribution in [0.5, 0.6) is 0 Å². The monoisotopic (exact) mass is 488 g/mol. The number of carbonyl (C=O) groups excluding carboxylic acids is 1. The van der Waals surface area contributed by atoms with E-state index in [0.29, 0.717) is 16.9 Å². The Morgan fingerprint density at radius 2 is 1.91 bits per heavy atom. The van der Waals surface area contributed by atoms with Gasteiger partial charge in [0.1, 0.15) is 0 Å². The molecule has 8 nitrogen and oxygen atoms in total. The van der Waals surface area contributed by atoms with E-state index in [1.54, 1.807) is 24.3 Å². The van der Waals surface area contributed by atoms with Crippen LogP contribution in [0, 0.1) is 6.92 Å². The molecular weight excluding hydrogens is 465 g/mol. The molecule has 1 aliphatic rings. The van der Waals surface area contributed by atoms with Crippen LogP contribution in [0.25, 0.3) is 5.69 Å². The Hall–Kier alpha value is -3.73. The molecule has 184 valence electrons. The van der Waals surface area contributed by atoms with Gasteiger partial charge in [-0.3, -0.25) is 14.2 Å². The SMILES string of the molecule is Cc1ccc(-n2nc(C(=O)NCC3CCCO3)c(=O)n(Cc3cccc(C(F)(F)F)c3)c2=O)cc1. The first-order chi connectivity index (χ1) is 16.6. The number of nitrogens with one attached hydrogen (secondary N) is 1. The van der Waals surface area contributed by atoms with Gasteiger partial charge in [-0.1, -0.05) is 29.8 Å². The molecule has 1 aliphatic heterocycles. The number of benzene rings is 2. The van der Waals surface area contributed by atoms with Crippen LogP contribution in [0.2, 0.25) is 0 Å². The summed E-state index contributed by atoms with van der Waals surface area (Å²) in [5.41, 5.74) is -2.06. The lowest BCUT2D eigenvalue weighted by Crippen LogP contribution is -2.46. The van der Waals surface area contributed by atoms with E-state index in [4.69, 9.17) is 4.74 Å². The van der Waals surface area contributed by atoms with E-state index in [1.165, 1.54) is 12.1 Å². The van der Waals surface area contributed by atoms with Crippen molar-refractivity contribution < 1.29 is 22.7 Å². The number of ether oxygens (including phenoxy) is 1. The molecule has 1 unspecified atom stereocenters. The Labute approximate surface area is 198 Å². The number of hydrogen-bond acceptors (Lipinski definition) is 5. The molecule has 0 radical (unpaired) electrons. The number of nitrogens with zero attached hydrogens (tertiary/aromatic N) is 3. The molecule has 1 amide bonds. The highest BCUT2D eigenvalue weighted by Gasteiger charge is 2.30. The number of aryl methyl sites for hydroxylation is 1. The molecule has 1 aromatic heterocycles. The van der Waals surface area contributed by atoms with Crippen LogP contribution < -0.4 is 16.6 Å². The van der Waals surface area contributed by atoms with E-state index in [-0.39, 0.29) is 18.2 Å². The van der Waals surface area contributed by atoms with Crippen molar-refractivity contribution in [1.29, 1.82) is 0 Å². The molecule has 0 bridgehead atoms. The predicted molar refractivity (Wildman–Crippen MR) is 121 cm³/mol. The summed E-state index contributed by atoms with van der Waals surface area (Å²) in [6.07, 6.45) is -3.15. The molecule has 11 heteroatoms. The Kier molecular flexibility index (Phi) is 6.88. The number of amides is 1. The Balaban J connectivity index is 1.77. The lowest BCUT2D eigenvalue weighted by Gasteiger charge is -2.14. The van der Waals surface area contributed by atoms with E-state index in [1.807, 2.05) is 6.92 Å². The van der Waals surface area contributed by atoms with E-state index >= 15 is 0 Å². The molecule has 1 N–H and O–H groups in total. The van der Waals surface area contributed by atoms with Gasteiger partial charge in [0.2, 0.25) is 5.69 Å². The van der Waals surface area contributed by atoms with Crippen molar-refractivity contribution in [2.24, 2.45) is 0 Å². The van der Waals surface area contributed by atoms with Gasteiger partial charge >= 0.3 is 11.9 Å². The van der Waals surface area contributed by atoms with Gasteiger partial charge in [0.15, 0.2) is 0 Å². The van der Waals surface area contributed by atoms with Gasteiger partial charge < -0.3 is 10.1 Å². The lowest BCUT2D eigenvalue weighted by atomic mass is 10.1. The average molecular weight is 488 g/mol. The van der Waals surface area contributed by atoms with Crippen LogP contribution in [-0.2, 0) is 17.5 Å². The maximum absolute atomic E-state index is 13.2. The van der Waals surface area contributed by atoms with Gasteiger partial charge in [-0.25, -0.2) is 4.79 Å². The Bertz CT molecular complexity index is 1340. The fraction of sp³-hybridized carbons (Fsp3) is 0.333. The van der Waals surface area contributed by atoms with Crippen molar-refractivity contribution in [3.05, 3.63) is 91.8 Å². The fourth-order valence-corrected chi connectivity index (χ4v) is 3.77. The van der Waals surface area contributed by atoms with Gasteiger partial charge in [-0.15, -0.1) is 0 Å². The van der Waals surface area contributed by atoms with E-state index < -0.39 is 41.1 Å². The number of hydrogen-bond donors (Lipinski definition) is 1. The van der Waals surface area contributed by atoms with Crippen molar-refractivity contribution in [3.8, 4) is 5.69 Å². The zero-order valence-corrected chi connectivity index (χ0v) is 18.8. The maximum Gasteiger partial charge on any atom is 0.416 e. The third-order valence-corrected chi connectivity index (χ3v) is 5.66. The van der Waals surface area contributed by atoms with Crippen LogP contribution >= 0.6 is 0 Å². The van der Waals surface area contributed by atoms with Gasteiger partial charge in [-0.05, 0) is 49.6 Å². The number of aromatic nitrogens is 3. The predicted octanol–water partition coefficient (Wildman–Crippen LogP) is 2.68. The second-order valence-corrected chi connectivity index (χ2v) is 8.31. The zero-order chi connectivity index (χ0) is 25.2. The summed E-state index contributed by atoms with van der Waals surface area (Å²) in [5.74, 6) is -0.802. The largest absolute Gasteiger partial charge is 0.416 e. The summed E-state index contributed by atoms with van der Waals surface area (Å²) in [4.78, 5) is 39.2. The van der Waals surface area contributed by atoms with Crippen LogP contribution in [0.1, 0.15) is 40.0 Å².